The van der Waals surface area contributed by atoms with Crippen molar-refractivity contribution in [3.63, 3.8) is 0 Å². The molecule has 5 nitrogen and oxygen atoms in total. The Kier molecular flexibility index (Phi) is 8.01. The van der Waals surface area contributed by atoms with Gasteiger partial charge in [-0.05, 0) is 55.5 Å². The summed E-state index contributed by atoms with van der Waals surface area (Å²) in [6, 6.07) is 4.99. The highest BCUT2D eigenvalue weighted by atomic mass is 19.4. The highest BCUT2D eigenvalue weighted by Crippen LogP contribution is 2.25. The van der Waals surface area contributed by atoms with E-state index in [-0.39, 0.29) is 17.8 Å². The molecular weight excluding hydrogens is 419 g/mol. The van der Waals surface area contributed by atoms with Crippen molar-refractivity contribution < 1.29 is 22.7 Å². The van der Waals surface area contributed by atoms with Crippen LogP contribution < -0.4 is 10.1 Å². The number of rotatable bonds is 7. The molecule has 3 rings (SSSR count). The molecule has 0 radical (unpaired) electrons. The van der Waals surface area contributed by atoms with Crippen LogP contribution in [0.4, 0.5) is 23.7 Å². The highest BCUT2D eigenvalue weighted by Gasteiger charge is 2.31. The van der Waals surface area contributed by atoms with Gasteiger partial charge in [0.25, 0.3) is 0 Å². The van der Waals surface area contributed by atoms with E-state index in [4.69, 9.17) is 0 Å². The van der Waals surface area contributed by atoms with Crippen molar-refractivity contribution in [1.82, 2.24) is 9.80 Å². The van der Waals surface area contributed by atoms with Gasteiger partial charge in [0.05, 0.1) is 0 Å². The summed E-state index contributed by atoms with van der Waals surface area (Å²) < 4.78 is 40.8. The monoisotopic (exact) mass is 449 g/mol. The summed E-state index contributed by atoms with van der Waals surface area (Å²) in [5, 5.41) is 2.78. The zero-order valence-electron chi connectivity index (χ0n) is 18.4. The van der Waals surface area contributed by atoms with Crippen LogP contribution in [0.15, 0.2) is 60.2 Å². The van der Waals surface area contributed by atoms with Gasteiger partial charge in [-0.2, -0.15) is 0 Å². The summed E-state index contributed by atoms with van der Waals surface area (Å²) in [5.74, 6) is 0.152. The number of urea groups is 1. The van der Waals surface area contributed by atoms with Crippen LogP contribution in [0.3, 0.4) is 0 Å². The van der Waals surface area contributed by atoms with Crippen molar-refractivity contribution in [2.24, 2.45) is 5.92 Å². The topological polar surface area (TPSA) is 44.8 Å². The zero-order valence-corrected chi connectivity index (χ0v) is 18.4. The molecule has 2 atom stereocenters. The summed E-state index contributed by atoms with van der Waals surface area (Å²) in [6.07, 6.45) is 8.13. The van der Waals surface area contributed by atoms with Crippen LogP contribution in [-0.2, 0) is 0 Å². The average Bonchev–Trinajstić information content (AvgIpc) is 3.06. The van der Waals surface area contributed by atoms with Crippen LogP contribution in [0.1, 0.15) is 26.7 Å². The SMILES string of the molecule is CCC1C=CC=C(CN2CCC(N(CC)C(=O)Nc3ccc(OC(F)(F)F)cc3)C2)C=C1. The maximum Gasteiger partial charge on any atom is 0.573 e. The van der Waals surface area contributed by atoms with Crippen LogP contribution in [0.2, 0.25) is 0 Å². The van der Waals surface area contributed by atoms with E-state index in [9.17, 15) is 18.0 Å². The first-order valence-electron chi connectivity index (χ1n) is 11.0. The number of hydrogen-bond donors (Lipinski definition) is 1. The molecule has 1 N–H and O–H groups in total. The van der Waals surface area contributed by atoms with Gasteiger partial charge in [-0.15, -0.1) is 13.2 Å². The summed E-state index contributed by atoms with van der Waals surface area (Å²) >= 11 is 0. The second-order valence-electron chi connectivity index (χ2n) is 8.02. The normalized spacial score (nSPS) is 21.2. The van der Waals surface area contributed by atoms with Crippen molar-refractivity contribution in [2.75, 3.05) is 31.5 Å². The number of benzene rings is 1. The Morgan fingerprint density at radius 2 is 1.97 bits per heavy atom. The van der Waals surface area contributed by atoms with Crippen molar-refractivity contribution >= 4 is 11.7 Å². The fourth-order valence-corrected chi connectivity index (χ4v) is 4.04. The molecular formula is C24H30F3N3O2. The fraction of sp³-hybridized carbons (Fsp3) is 0.458. The smallest absolute Gasteiger partial charge is 0.406 e. The third-order valence-corrected chi connectivity index (χ3v) is 5.73. The van der Waals surface area contributed by atoms with Crippen molar-refractivity contribution in [3.8, 4) is 5.75 Å². The zero-order chi connectivity index (χ0) is 23.1. The number of likely N-dealkylation sites (N-methyl/N-ethyl adjacent to an activating group) is 1. The van der Waals surface area contributed by atoms with Crippen LogP contribution in [0, 0.1) is 5.92 Å². The predicted molar refractivity (Wildman–Crippen MR) is 120 cm³/mol. The molecule has 2 amide bonds. The number of allylic oxidation sites excluding steroid dienone is 4. The van der Waals surface area contributed by atoms with Crippen molar-refractivity contribution in [1.29, 1.82) is 0 Å². The Morgan fingerprint density at radius 1 is 1.22 bits per heavy atom. The van der Waals surface area contributed by atoms with E-state index in [0.717, 1.165) is 32.5 Å². The largest absolute Gasteiger partial charge is 0.573 e. The molecule has 1 aromatic rings. The Morgan fingerprint density at radius 3 is 2.62 bits per heavy atom. The highest BCUT2D eigenvalue weighted by molar-refractivity contribution is 5.89. The van der Waals surface area contributed by atoms with Gasteiger partial charge in [-0.3, -0.25) is 4.90 Å². The van der Waals surface area contributed by atoms with Crippen molar-refractivity contribution in [3.05, 3.63) is 60.2 Å². The Hall–Kier alpha value is -2.74. The number of ether oxygens (including phenoxy) is 1. The Labute approximate surface area is 187 Å². The minimum atomic E-state index is -4.74. The molecule has 8 heteroatoms. The molecule has 1 aromatic carbocycles. The lowest BCUT2D eigenvalue weighted by Gasteiger charge is -2.28. The van der Waals surface area contributed by atoms with E-state index in [2.05, 4.69) is 52.3 Å². The molecule has 2 aliphatic rings. The molecule has 1 aliphatic heterocycles. The lowest BCUT2D eigenvalue weighted by atomic mass is 10.1. The van der Waals surface area contributed by atoms with E-state index in [1.54, 1.807) is 4.90 Å². The second-order valence-corrected chi connectivity index (χ2v) is 8.02. The molecule has 174 valence electrons. The quantitative estimate of drug-likeness (QED) is 0.590. The predicted octanol–water partition coefficient (Wildman–Crippen LogP) is 5.59. The maximum atomic E-state index is 12.8. The number of carbonyl (C=O) groups excluding carboxylic acids is 1. The van der Waals surface area contributed by atoms with Crippen LogP contribution in [-0.4, -0.2) is 54.4 Å². The number of anilines is 1. The molecule has 1 heterocycles. The fourth-order valence-electron chi connectivity index (χ4n) is 4.04. The minimum absolute atomic E-state index is 0.0853. The summed E-state index contributed by atoms with van der Waals surface area (Å²) in [5.41, 5.74) is 1.68. The van der Waals surface area contributed by atoms with Gasteiger partial charge in [0, 0.05) is 37.9 Å². The van der Waals surface area contributed by atoms with E-state index in [1.807, 2.05) is 6.92 Å². The van der Waals surface area contributed by atoms with E-state index >= 15 is 0 Å². The molecule has 2 unspecified atom stereocenters. The maximum absolute atomic E-state index is 12.8. The first kappa shape index (κ1) is 23.9. The number of halogens is 3. The molecule has 1 aliphatic carbocycles. The lowest BCUT2D eigenvalue weighted by molar-refractivity contribution is -0.274. The van der Waals surface area contributed by atoms with Gasteiger partial charge in [0.2, 0.25) is 0 Å². The average molecular weight is 450 g/mol. The lowest BCUT2D eigenvalue weighted by Crippen LogP contribution is -2.44. The van der Waals surface area contributed by atoms with Crippen molar-refractivity contribution in [2.45, 2.75) is 39.1 Å². The standard InChI is InChI=1S/C24H30F3N3O2/c1-3-18-6-5-7-19(9-8-18)16-29-15-14-21(17-29)30(4-2)23(31)28-20-10-12-22(13-11-20)32-24(25,26)27/h5-13,18,21H,3-4,14-17H2,1-2H3,(H,28,31). The van der Waals surface area contributed by atoms with Gasteiger partial charge in [0.15, 0.2) is 0 Å². The van der Waals surface area contributed by atoms with Crippen LogP contribution in [0.25, 0.3) is 0 Å². The number of nitrogens with zero attached hydrogens (tertiary/aromatic N) is 2. The number of nitrogens with one attached hydrogen (secondary N) is 1. The molecule has 1 fully saturated rings. The molecule has 0 saturated carbocycles. The third kappa shape index (κ3) is 6.88. The van der Waals surface area contributed by atoms with Gasteiger partial charge in [-0.25, -0.2) is 4.79 Å². The number of carbonyl (C=O) groups is 1. The summed E-state index contributed by atoms with van der Waals surface area (Å²) in [7, 11) is 0. The minimum Gasteiger partial charge on any atom is -0.406 e. The van der Waals surface area contributed by atoms with Crippen LogP contribution >= 0.6 is 0 Å². The molecule has 0 spiro atoms. The first-order chi connectivity index (χ1) is 15.3. The third-order valence-electron chi connectivity index (χ3n) is 5.73. The number of alkyl halides is 3. The van der Waals surface area contributed by atoms with E-state index < -0.39 is 6.36 Å². The molecule has 32 heavy (non-hydrogen) atoms. The summed E-state index contributed by atoms with van der Waals surface area (Å²) in [6.45, 7) is 7.17. The van der Waals surface area contributed by atoms with Gasteiger partial charge >= 0.3 is 12.4 Å². The summed E-state index contributed by atoms with van der Waals surface area (Å²) in [4.78, 5) is 16.9. The number of likely N-dealkylation sites (tertiary alicyclic amines) is 1. The molecule has 0 bridgehead atoms. The van der Waals surface area contributed by atoms with E-state index in [1.165, 1.54) is 29.8 Å². The number of amides is 2. The number of hydrogen-bond acceptors (Lipinski definition) is 3. The second kappa shape index (κ2) is 10.7. The molecule has 0 aromatic heterocycles. The van der Waals surface area contributed by atoms with Crippen LogP contribution in [0.5, 0.6) is 5.75 Å². The van der Waals surface area contributed by atoms with Gasteiger partial charge < -0.3 is 15.0 Å². The van der Waals surface area contributed by atoms with Gasteiger partial charge in [-0.1, -0.05) is 37.3 Å². The van der Waals surface area contributed by atoms with E-state index in [0.29, 0.717) is 18.2 Å². The Bertz CT molecular complexity index is 862. The first-order valence-corrected chi connectivity index (χ1v) is 11.0. The molecule has 1 saturated heterocycles. The van der Waals surface area contributed by atoms with Gasteiger partial charge in [0.1, 0.15) is 5.75 Å². The Balaban J connectivity index is 1.54.